The van der Waals surface area contributed by atoms with Gasteiger partial charge in [-0.3, -0.25) is 15.0 Å². The van der Waals surface area contributed by atoms with Crippen molar-refractivity contribution in [3.63, 3.8) is 0 Å². The van der Waals surface area contributed by atoms with Crippen LogP contribution in [0.1, 0.15) is 22.3 Å². The number of para-hydroxylation sites is 1. The molecule has 2 aromatic carbocycles. The summed E-state index contributed by atoms with van der Waals surface area (Å²) in [7, 11) is -2.60. The molecule has 0 atom stereocenters. The summed E-state index contributed by atoms with van der Waals surface area (Å²) >= 11 is 0. The molecule has 1 aliphatic rings. The number of anilines is 1. The summed E-state index contributed by atoms with van der Waals surface area (Å²) in [6, 6.07) is 9.30. The predicted octanol–water partition coefficient (Wildman–Crippen LogP) is 1.83. The predicted molar refractivity (Wildman–Crippen MR) is 104 cm³/mol. The summed E-state index contributed by atoms with van der Waals surface area (Å²) in [5.41, 5.74) is 3.97. The van der Waals surface area contributed by atoms with E-state index in [1.807, 2.05) is 17.0 Å². The number of hydrogen-bond acceptors (Lipinski definition) is 4. The molecule has 2 heterocycles. The molecule has 0 unspecified atom stereocenters. The van der Waals surface area contributed by atoms with E-state index in [9.17, 15) is 22.4 Å². The van der Waals surface area contributed by atoms with Gasteiger partial charge >= 0.3 is 0 Å². The average Bonchev–Trinajstić information content (AvgIpc) is 3.02. The highest BCUT2D eigenvalue weighted by Gasteiger charge is 2.25. The molecular formula is C19H17FN4O4S. The van der Waals surface area contributed by atoms with Crippen molar-refractivity contribution in [3.8, 4) is 0 Å². The fraction of sp³-hybridized carbons (Fsp3) is 0.158. The van der Waals surface area contributed by atoms with Gasteiger partial charge in [-0.2, -0.15) is 0 Å². The molecule has 0 bridgehead atoms. The summed E-state index contributed by atoms with van der Waals surface area (Å²) < 4.78 is 41.2. The summed E-state index contributed by atoms with van der Waals surface area (Å²) in [5, 5.41) is 3.16. The maximum atomic E-state index is 14.4. The highest BCUT2D eigenvalue weighted by Crippen LogP contribution is 2.28. The largest absolute Gasteiger partial charge is 0.350 e. The van der Waals surface area contributed by atoms with Gasteiger partial charge in [-0.15, -0.1) is 4.83 Å². The van der Waals surface area contributed by atoms with Crippen molar-refractivity contribution >= 4 is 38.4 Å². The molecule has 4 rings (SSSR count). The number of hydrazine groups is 1. The molecule has 0 radical (unpaired) electrons. The number of nitrogens with zero attached hydrogens (tertiary/aromatic N) is 1. The van der Waals surface area contributed by atoms with Crippen molar-refractivity contribution < 1.29 is 22.4 Å². The van der Waals surface area contributed by atoms with Crippen LogP contribution in [0, 0.1) is 5.82 Å². The van der Waals surface area contributed by atoms with E-state index >= 15 is 0 Å². The first-order valence-corrected chi connectivity index (χ1v) is 10.2. The molecule has 10 heteroatoms. The fourth-order valence-electron chi connectivity index (χ4n) is 3.34. The number of benzene rings is 2. The maximum Gasteiger partial charge on any atom is 0.268 e. The van der Waals surface area contributed by atoms with Crippen molar-refractivity contribution in [2.75, 3.05) is 5.32 Å². The average molecular weight is 416 g/mol. The quantitative estimate of drug-likeness (QED) is 0.564. The molecule has 0 fully saturated rings. The lowest BCUT2D eigenvalue weighted by molar-refractivity contribution is -0.116. The van der Waals surface area contributed by atoms with Gasteiger partial charge in [0, 0.05) is 36.3 Å². The molecule has 0 aliphatic carbocycles. The molecule has 29 heavy (non-hydrogen) atoms. The van der Waals surface area contributed by atoms with E-state index < -0.39 is 26.6 Å². The number of carbonyl (C=O) groups is 2. The minimum atomic E-state index is -4.36. The Morgan fingerprint density at radius 3 is 2.76 bits per heavy atom. The van der Waals surface area contributed by atoms with E-state index in [1.54, 1.807) is 29.9 Å². The van der Waals surface area contributed by atoms with Crippen molar-refractivity contribution in [1.29, 1.82) is 0 Å². The fourth-order valence-corrected chi connectivity index (χ4v) is 4.29. The van der Waals surface area contributed by atoms with Gasteiger partial charge in [0.25, 0.3) is 15.9 Å². The Labute approximate surface area is 165 Å². The number of halogens is 1. The van der Waals surface area contributed by atoms with Crippen molar-refractivity contribution in [1.82, 2.24) is 14.8 Å². The van der Waals surface area contributed by atoms with Crippen LogP contribution in [0.3, 0.4) is 0 Å². The van der Waals surface area contributed by atoms with Crippen LogP contribution >= 0.6 is 0 Å². The Hall–Kier alpha value is -3.24. The van der Waals surface area contributed by atoms with Crippen LogP contribution in [0.2, 0.25) is 0 Å². The lowest BCUT2D eigenvalue weighted by Crippen LogP contribution is -2.41. The molecule has 1 aromatic heterocycles. The first kappa shape index (κ1) is 19.1. The van der Waals surface area contributed by atoms with Crippen LogP contribution in [-0.2, 0) is 28.3 Å². The van der Waals surface area contributed by atoms with Crippen LogP contribution in [0.4, 0.5) is 10.1 Å². The second kappa shape index (κ2) is 6.98. The van der Waals surface area contributed by atoms with E-state index in [-0.39, 0.29) is 23.6 Å². The third kappa shape index (κ3) is 3.47. The number of amides is 2. The van der Waals surface area contributed by atoms with E-state index in [2.05, 4.69) is 10.7 Å². The molecule has 8 nitrogen and oxygen atoms in total. The van der Waals surface area contributed by atoms with Crippen LogP contribution in [0.25, 0.3) is 10.9 Å². The molecule has 0 spiro atoms. The third-order valence-corrected chi connectivity index (χ3v) is 6.05. The Balaban J connectivity index is 1.58. The number of rotatable bonds is 4. The zero-order valence-corrected chi connectivity index (χ0v) is 16.1. The normalized spacial score (nSPS) is 13.8. The van der Waals surface area contributed by atoms with E-state index in [1.165, 1.54) is 0 Å². The molecule has 3 aromatic rings. The number of aromatic nitrogens is 1. The Kier molecular flexibility index (Phi) is 4.59. The molecule has 150 valence electrons. The second-order valence-electron chi connectivity index (χ2n) is 6.72. The van der Waals surface area contributed by atoms with Gasteiger partial charge < -0.3 is 9.88 Å². The molecule has 0 saturated heterocycles. The number of hydrogen-bond donors (Lipinski definition) is 3. The monoisotopic (exact) mass is 416 g/mol. The molecule has 3 N–H and O–H groups in total. The van der Waals surface area contributed by atoms with Crippen LogP contribution in [0.15, 0.2) is 47.5 Å². The Bertz CT molecular complexity index is 1270. The number of aryl methyl sites for hydroxylation is 2. The van der Waals surface area contributed by atoms with Gasteiger partial charge in [-0.05, 0) is 30.2 Å². The van der Waals surface area contributed by atoms with Crippen molar-refractivity contribution in [2.45, 2.75) is 17.7 Å². The highest BCUT2D eigenvalue weighted by atomic mass is 32.2. The lowest BCUT2D eigenvalue weighted by Gasteiger charge is -2.18. The Morgan fingerprint density at radius 1 is 1.21 bits per heavy atom. The molecule has 2 amide bonds. The zero-order valence-electron chi connectivity index (χ0n) is 15.3. The van der Waals surface area contributed by atoms with Crippen LogP contribution in [-0.4, -0.2) is 24.8 Å². The number of nitrogens with one attached hydrogen (secondary N) is 3. The minimum absolute atomic E-state index is 0.184. The minimum Gasteiger partial charge on any atom is -0.350 e. The summed E-state index contributed by atoms with van der Waals surface area (Å²) in [6.45, 7) is 0. The van der Waals surface area contributed by atoms with Gasteiger partial charge in [-0.25, -0.2) is 12.8 Å². The first-order chi connectivity index (χ1) is 13.8. The topological polar surface area (TPSA) is 109 Å². The summed E-state index contributed by atoms with van der Waals surface area (Å²) in [5.74, 6) is -1.96. The maximum absolute atomic E-state index is 14.4. The summed E-state index contributed by atoms with van der Waals surface area (Å²) in [4.78, 5) is 25.3. The van der Waals surface area contributed by atoms with E-state index in [0.717, 1.165) is 17.6 Å². The van der Waals surface area contributed by atoms with Crippen LogP contribution in [0.5, 0.6) is 0 Å². The van der Waals surface area contributed by atoms with Gasteiger partial charge in [0.1, 0.15) is 10.7 Å². The second-order valence-corrected chi connectivity index (χ2v) is 8.37. The number of carbonyl (C=O) groups excluding carboxylic acids is 2. The van der Waals surface area contributed by atoms with Crippen LogP contribution < -0.4 is 15.6 Å². The molecular weight excluding hydrogens is 399 g/mol. The smallest absolute Gasteiger partial charge is 0.268 e. The van der Waals surface area contributed by atoms with Gasteiger partial charge in [0.15, 0.2) is 0 Å². The highest BCUT2D eigenvalue weighted by molar-refractivity contribution is 7.89. The van der Waals surface area contributed by atoms with Gasteiger partial charge in [-0.1, -0.05) is 18.2 Å². The third-order valence-electron chi connectivity index (χ3n) is 4.78. The first-order valence-electron chi connectivity index (χ1n) is 8.75. The standard InChI is InChI=1S/C19H17FN4O4S/c1-24-10-13(12-4-2-3-5-16(12)24)19(26)22-23-29(27,28)17-8-11-6-7-18(25)21-15(11)9-14(17)20/h2-5,8-10,23H,6-7H2,1H3,(H,21,25)(H,22,26). The van der Waals surface area contributed by atoms with Crippen molar-refractivity contribution in [3.05, 3.63) is 59.5 Å². The summed E-state index contributed by atoms with van der Waals surface area (Å²) in [6.07, 6.45) is 2.06. The Morgan fingerprint density at radius 2 is 1.97 bits per heavy atom. The number of fused-ring (bicyclic) bond motifs is 2. The van der Waals surface area contributed by atoms with Crippen molar-refractivity contribution in [2.24, 2.45) is 7.05 Å². The van der Waals surface area contributed by atoms with E-state index in [0.29, 0.717) is 17.4 Å². The van der Waals surface area contributed by atoms with Gasteiger partial charge in [0.2, 0.25) is 5.91 Å². The SMILES string of the molecule is Cn1cc(C(=O)NNS(=O)(=O)c2cc3c(cc2F)NC(=O)CC3)c2ccccc21. The van der Waals surface area contributed by atoms with Gasteiger partial charge in [0.05, 0.1) is 5.56 Å². The number of sulfonamides is 1. The lowest BCUT2D eigenvalue weighted by atomic mass is 10.0. The zero-order chi connectivity index (χ0) is 20.8. The van der Waals surface area contributed by atoms with E-state index in [4.69, 9.17) is 0 Å². The molecule has 1 aliphatic heterocycles. The molecule has 0 saturated carbocycles.